The summed E-state index contributed by atoms with van der Waals surface area (Å²) in [4.78, 5) is 0. The average molecular weight is 251 g/mol. The molecule has 3 rings (SSSR count). The Morgan fingerprint density at radius 1 is 1.18 bits per heavy atom. The molecule has 1 fully saturated rings. The molecule has 92 valence electrons. The summed E-state index contributed by atoms with van der Waals surface area (Å²) in [5, 5.41) is 3.62. The molecule has 2 aliphatic rings. The van der Waals surface area contributed by atoms with Crippen LogP contribution in [0.1, 0.15) is 18.5 Å². The molecule has 4 heteroatoms. The van der Waals surface area contributed by atoms with Crippen molar-refractivity contribution in [1.82, 2.24) is 5.32 Å². The van der Waals surface area contributed by atoms with Crippen LogP contribution in [-0.2, 0) is 0 Å². The summed E-state index contributed by atoms with van der Waals surface area (Å²) in [5.74, 6) is 4.08. The first-order chi connectivity index (χ1) is 8.33. The van der Waals surface area contributed by atoms with Crippen LogP contribution in [-0.4, -0.2) is 30.8 Å². The number of fused-ring (bicyclic) bond motifs is 1. The molecular weight excluding hydrogens is 234 g/mol. The van der Waals surface area contributed by atoms with Gasteiger partial charge in [-0.1, -0.05) is 6.07 Å². The Bertz CT molecular complexity index is 410. The van der Waals surface area contributed by atoms with Crippen LogP contribution in [0.3, 0.4) is 0 Å². The van der Waals surface area contributed by atoms with Crippen molar-refractivity contribution >= 4 is 11.8 Å². The molecule has 3 nitrogen and oxygen atoms in total. The molecule has 0 aromatic heterocycles. The quantitative estimate of drug-likeness (QED) is 0.829. The monoisotopic (exact) mass is 251 g/mol. The van der Waals surface area contributed by atoms with Crippen molar-refractivity contribution in [1.29, 1.82) is 0 Å². The summed E-state index contributed by atoms with van der Waals surface area (Å²) in [6.45, 7) is 3.54. The molecule has 1 saturated heterocycles. The summed E-state index contributed by atoms with van der Waals surface area (Å²) >= 11 is 2.01. The van der Waals surface area contributed by atoms with E-state index in [1.54, 1.807) is 0 Å². The molecule has 0 bridgehead atoms. The highest BCUT2D eigenvalue weighted by atomic mass is 32.2. The van der Waals surface area contributed by atoms with Gasteiger partial charge in [0.2, 0.25) is 0 Å². The zero-order chi connectivity index (χ0) is 11.7. The Balaban J connectivity index is 1.83. The van der Waals surface area contributed by atoms with Gasteiger partial charge in [-0.15, -0.1) is 0 Å². The van der Waals surface area contributed by atoms with Crippen LogP contribution >= 0.6 is 11.8 Å². The van der Waals surface area contributed by atoms with E-state index < -0.39 is 0 Å². The summed E-state index contributed by atoms with van der Waals surface area (Å²) in [7, 11) is 0. The second kappa shape index (κ2) is 4.78. The Morgan fingerprint density at radius 2 is 2.00 bits per heavy atom. The van der Waals surface area contributed by atoms with Gasteiger partial charge in [0, 0.05) is 23.6 Å². The second-order valence-electron chi connectivity index (χ2n) is 4.56. The van der Waals surface area contributed by atoms with Crippen LogP contribution in [0.4, 0.5) is 0 Å². The lowest BCUT2D eigenvalue weighted by molar-refractivity contribution is 0.171. The minimum Gasteiger partial charge on any atom is -0.486 e. The van der Waals surface area contributed by atoms with Crippen LogP contribution in [0, 0.1) is 0 Å². The van der Waals surface area contributed by atoms with Crippen LogP contribution in [0.15, 0.2) is 18.2 Å². The van der Waals surface area contributed by atoms with Crippen LogP contribution < -0.4 is 14.8 Å². The van der Waals surface area contributed by atoms with E-state index in [0.29, 0.717) is 25.3 Å². The van der Waals surface area contributed by atoms with E-state index in [0.717, 1.165) is 17.3 Å². The zero-order valence-electron chi connectivity index (χ0n) is 9.94. The topological polar surface area (TPSA) is 30.5 Å². The third kappa shape index (κ3) is 2.38. The van der Waals surface area contributed by atoms with E-state index in [9.17, 15) is 0 Å². The normalized spacial score (nSPS) is 27.8. The fourth-order valence-corrected chi connectivity index (χ4v) is 3.38. The highest BCUT2D eigenvalue weighted by Gasteiger charge is 2.21. The SMILES string of the molecule is CC1CSCC(c2ccc3c(c2)OCCO3)N1. The number of nitrogens with one attached hydrogen (secondary N) is 1. The van der Waals surface area contributed by atoms with Crippen LogP contribution in [0.5, 0.6) is 11.5 Å². The van der Waals surface area contributed by atoms with Gasteiger partial charge >= 0.3 is 0 Å². The van der Waals surface area contributed by atoms with E-state index in [1.165, 1.54) is 11.3 Å². The lowest BCUT2D eigenvalue weighted by atomic mass is 10.1. The highest BCUT2D eigenvalue weighted by molar-refractivity contribution is 7.99. The third-order valence-corrected chi connectivity index (χ3v) is 4.41. The predicted octanol–water partition coefficient (Wildman–Crippen LogP) is 2.22. The molecular formula is C13H17NO2S. The van der Waals surface area contributed by atoms with E-state index in [1.807, 2.05) is 17.8 Å². The standard InChI is InChI=1S/C13H17NO2S/c1-9-7-17-8-11(14-9)10-2-3-12-13(6-10)16-5-4-15-12/h2-3,6,9,11,14H,4-5,7-8H2,1H3. The highest BCUT2D eigenvalue weighted by Crippen LogP contribution is 2.34. The molecule has 17 heavy (non-hydrogen) atoms. The van der Waals surface area contributed by atoms with Gasteiger partial charge in [0.05, 0.1) is 0 Å². The molecule has 2 aliphatic heterocycles. The molecule has 1 N–H and O–H groups in total. The van der Waals surface area contributed by atoms with Gasteiger partial charge in [-0.05, 0) is 24.6 Å². The number of hydrogen-bond donors (Lipinski definition) is 1. The molecule has 2 atom stereocenters. The van der Waals surface area contributed by atoms with Crippen molar-refractivity contribution in [2.24, 2.45) is 0 Å². The number of hydrogen-bond acceptors (Lipinski definition) is 4. The van der Waals surface area contributed by atoms with Gasteiger partial charge in [0.15, 0.2) is 11.5 Å². The van der Waals surface area contributed by atoms with Gasteiger partial charge < -0.3 is 14.8 Å². The zero-order valence-corrected chi connectivity index (χ0v) is 10.8. The number of benzene rings is 1. The van der Waals surface area contributed by atoms with Crippen molar-refractivity contribution in [2.45, 2.75) is 19.0 Å². The first-order valence-electron chi connectivity index (χ1n) is 6.06. The van der Waals surface area contributed by atoms with Crippen molar-refractivity contribution < 1.29 is 9.47 Å². The van der Waals surface area contributed by atoms with Crippen molar-refractivity contribution in [3.8, 4) is 11.5 Å². The first-order valence-corrected chi connectivity index (χ1v) is 7.22. The summed E-state index contributed by atoms with van der Waals surface area (Å²) in [6.07, 6.45) is 0. The van der Waals surface area contributed by atoms with Crippen LogP contribution in [0.25, 0.3) is 0 Å². The predicted molar refractivity (Wildman–Crippen MR) is 70.1 cm³/mol. The Hall–Kier alpha value is -0.870. The van der Waals surface area contributed by atoms with E-state index >= 15 is 0 Å². The lowest BCUT2D eigenvalue weighted by Gasteiger charge is -2.29. The van der Waals surface area contributed by atoms with Crippen molar-refractivity contribution in [3.05, 3.63) is 23.8 Å². The fourth-order valence-electron chi connectivity index (χ4n) is 2.27. The van der Waals surface area contributed by atoms with E-state index in [-0.39, 0.29) is 0 Å². The summed E-state index contributed by atoms with van der Waals surface area (Å²) < 4.78 is 11.2. The molecule has 0 radical (unpaired) electrons. The smallest absolute Gasteiger partial charge is 0.161 e. The molecule has 0 spiro atoms. The minimum absolute atomic E-state index is 0.430. The van der Waals surface area contributed by atoms with Gasteiger partial charge in [-0.25, -0.2) is 0 Å². The van der Waals surface area contributed by atoms with Gasteiger partial charge in [-0.3, -0.25) is 0 Å². The van der Waals surface area contributed by atoms with Crippen molar-refractivity contribution in [2.75, 3.05) is 24.7 Å². The maximum absolute atomic E-state index is 5.62. The number of thioether (sulfide) groups is 1. The van der Waals surface area contributed by atoms with E-state index in [4.69, 9.17) is 9.47 Å². The largest absolute Gasteiger partial charge is 0.486 e. The van der Waals surface area contributed by atoms with E-state index in [2.05, 4.69) is 24.4 Å². The van der Waals surface area contributed by atoms with Gasteiger partial charge in [0.25, 0.3) is 0 Å². The van der Waals surface area contributed by atoms with Crippen LogP contribution in [0.2, 0.25) is 0 Å². The molecule has 1 aromatic carbocycles. The van der Waals surface area contributed by atoms with Crippen molar-refractivity contribution in [3.63, 3.8) is 0 Å². The fraction of sp³-hybridized carbons (Fsp3) is 0.538. The van der Waals surface area contributed by atoms with Gasteiger partial charge in [-0.2, -0.15) is 11.8 Å². The number of rotatable bonds is 1. The Kier molecular flexibility index (Phi) is 3.16. The molecule has 0 saturated carbocycles. The third-order valence-electron chi connectivity index (χ3n) is 3.11. The number of ether oxygens (including phenoxy) is 2. The second-order valence-corrected chi connectivity index (χ2v) is 5.64. The molecule has 2 heterocycles. The molecule has 0 aliphatic carbocycles. The maximum atomic E-state index is 5.62. The average Bonchev–Trinajstić information content (AvgIpc) is 2.38. The molecule has 2 unspecified atom stereocenters. The summed E-state index contributed by atoms with van der Waals surface area (Å²) in [6, 6.07) is 7.29. The Labute approximate surface area is 106 Å². The lowest BCUT2D eigenvalue weighted by Crippen LogP contribution is -2.37. The first kappa shape index (κ1) is 11.2. The Morgan fingerprint density at radius 3 is 2.82 bits per heavy atom. The van der Waals surface area contributed by atoms with Gasteiger partial charge in [0.1, 0.15) is 13.2 Å². The minimum atomic E-state index is 0.430. The molecule has 1 aromatic rings. The molecule has 0 amide bonds. The summed E-state index contributed by atoms with van der Waals surface area (Å²) in [5.41, 5.74) is 1.30. The maximum Gasteiger partial charge on any atom is 0.161 e.